The lowest BCUT2D eigenvalue weighted by molar-refractivity contribution is 0.310. The van der Waals surface area contributed by atoms with Gasteiger partial charge in [0.25, 0.3) is 0 Å². The van der Waals surface area contributed by atoms with Gasteiger partial charge in [-0.25, -0.2) is 4.39 Å². The Labute approximate surface area is 204 Å². The summed E-state index contributed by atoms with van der Waals surface area (Å²) in [5.74, 6) is 1.33. The molecule has 2 heteroatoms. The van der Waals surface area contributed by atoms with Crippen LogP contribution in [0.1, 0.15) is 80.9 Å². The van der Waals surface area contributed by atoms with E-state index in [-0.39, 0.29) is 5.82 Å². The Morgan fingerprint density at radius 3 is 2.15 bits per heavy atom. The first kappa shape index (κ1) is 24.0. The molecule has 0 saturated heterocycles. The van der Waals surface area contributed by atoms with Crippen molar-refractivity contribution < 1.29 is 4.39 Å². The molecule has 3 aromatic rings. The summed E-state index contributed by atoms with van der Waals surface area (Å²) in [4.78, 5) is 0. The molecule has 33 heavy (non-hydrogen) atoms. The summed E-state index contributed by atoms with van der Waals surface area (Å²) >= 11 is 5.96. The Balaban J connectivity index is 1.25. The summed E-state index contributed by atoms with van der Waals surface area (Å²) in [6.45, 7) is 2.26. The van der Waals surface area contributed by atoms with Crippen LogP contribution in [0.3, 0.4) is 0 Å². The average Bonchev–Trinajstić information content (AvgIpc) is 2.84. The van der Waals surface area contributed by atoms with Crippen LogP contribution in [0.5, 0.6) is 0 Å². The first-order chi connectivity index (χ1) is 16.1. The molecule has 0 atom stereocenters. The number of aryl methyl sites for hydroxylation is 2. The second kappa shape index (κ2) is 11.8. The van der Waals surface area contributed by atoms with Crippen molar-refractivity contribution in [3.8, 4) is 11.1 Å². The lowest BCUT2D eigenvalue weighted by Crippen LogP contribution is -2.14. The van der Waals surface area contributed by atoms with Gasteiger partial charge >= 0.3 is 0 Å². The predicted molar refractivity (Wildman–Crippen MR) is 140 cm³/mol. The maximum absolute atomic E-state index is 14.7. The normalized spacial score (nSPS) is 18.4. The number of halogens is 2. The predicted octanol–water partition coefficient (Wildman–Crippen LogP) is 9.79. The molecular weight excluding hydrogens is 427 g/mol. The number of hydrogen-bond acceptors (Lipinski definition) is 0. The third-order valence-electron chi connectivity index (χ3n) is 7.40. The van der Waals surface area contributed by atoms with E-state index in [4.69, 9.17) is 11.6 Å². The van der Waals surface area contributed by atoms with Gasteiger partial charge < -0.3 is 0 Å². The summed E-state index contributed by atoms with van der Waals surface area (Å²) in [5, 5.41) is 0.671. The highest BCUT2D eigenvalue weighted by Crippen LogP contribution is 2.38. The molecule has 0 aromatic heterocycles. The highest BCUT2D eigenvalue weighted by atomic mass is 35.5. The first-order valence-corrected chi connectivity index (χ1v) is 13.1. The van der Waals surface area contributed by atoms with Crippen LogP contribution in [0.2, 0.25) is 5.02 Å². The molecule has 0 heterocycles. The van der Waals surface area contributed by atoms with Crippen LogP contribution in [-0.2, 0) is 12.8 Å². The third kappa shape index (κ3) is 6.70. The summed E-state index contributed by atoms with van der Waals surface area (Å²) in [6, 6.07) is 22.5. The van der Waals surface area contributed by atoms with Crippen LogP contribution in [0.15, 0.2) is 66.7 Å². The monoisotopic (exact) mass is 462 g/mol. The minimum Gasteiger partial charge on any atom is -0.206 e. The third-order valence-corrected chi connectivity index (χ3v) is 7.65. The zero-order chi connectivity index (χ0) is 23.0. The summed E-state index contributed by atoms with van der Waals surface area (Å²) in [7, 11) is 0. The zero-order valence-corrected chi connectivity index (χ0v) is 20.6. The molecular formula is C31H36ClF. The summed E-state index contributed by atoms with van der Waals surface area (Å²) < 4.78 is 14.7. The second-order valence-electron chi connectivity index (χ2n) is 9.78. The fourth-order valence-corrected chi connectivity index (χ4v) is 5.39. The first-order valence-electron chi connectivity index (χ1n) is 12.8. The SMILES string of the molecule is CCCCCc1ccc([C@H]2CC[C@H](CCc3ccc(-c4ccc(Cl)cc4)c(F)c3)CC2)cc1. The molecule has 0 spiro atoms. The van der Waals surface area contributed by atoms with Crippen molar-refractivity contribution >= 4 is 11.6 Å². The zero-order valence-electron chi connectivity index (χ0n) is 19.8. The Morgan fingerprint density at radius 2 is 1.48 bits per heavy atom. The van der Waals surface area contributed by atoms with E-state index in [0.29, 0.717) is 16.5 Å². The topological polar surface area (TPSA) is 0 Å². The lowest BCUT2D eigenvalue weighted by Gasteiger charge is -2.29. The molecule has 0 amide bonds. The molecule has 0 radical (unpaired) electrons. The van der Waals surface area contributed by atoms with Gasteiger partial charge in [0.1, 0.15) is 5.82 Å². The number of benzene rings is 3. The van der Waals surface area contributed by atoms with Gasteiger partial charge in [0.15, 0.2) is 0 Å². The minimum atomic E-state index is -0.142. The number of rotatable bonds is 9. The Bertz CT molecular complexity index is 998. The smallest absolute Gasteiger partial charge is 0.131 e. The van der Waals surface area contributed by atoms with E-state index >= 15 is 0 Å². The van der Waals surface area contributed by atoms with Crippen molar-refractivity contribution in [2.24, 2.45) is 5.92 Å². The molecule has 4 rings (SSSR count). The molecule has 1 aliphatic rings. The van der Waals surface area contributed by atoms with Gasteiger partial charge in [-0.05, 0) is 104 Å². The second-order valence-corrected chi connectivity index (χ2v) is 10.2. The Morgan fingerprint density at radius 1 is 0.788 bits per heavy atom. The average molecular weight is 463 g/mol. The van der Waals surface area contributed by atoms with Crippen LogP contribution in [0.4, 0.5) is 4.39 Å². The van der Waals surface area contributed by atoms with Crippen molar-refractivity contribution in [3.63, 3.8) is 0 Å². The van der Waals surface area contributed by atoms with E-state index in [0.717, 1.165) is 29.9 Å². The largest absolute Gasteiger partial charge is 0.206 e. The van der Waals surface area contributed by atoms with Crippen molar-refractivity contribution in [1.82, 2.24) is 0 Å². The molecule has 1 saturated carbocycles. The Kier molecular flexibility index (Phi) is 8.62. The van der Waals surface area contributed by atoms with E-state index in [1.807, 2.05) is 30.3 Å². The fourth-order valence-electron chi connectivity index (χ4n) is 5.27. The standard InChI is InChI=1S/C31H36ClF/c1-2-3-4-5-23-8-13-26(14-9-23)27-15-10-24(11-16-27)6-7-25-12-21-30(31(33)22-25)28-17-19-29(32)20-18-28/h8-9,12-14,17-22,24,27H,2-7,10-11,15-16H2,1H3/t24-,27-. The molecule has 1 aliphatic carbocycles. The summed E-state index contributed by atoms with van der Waals surface area (Å²) in [6.07, 6.45) is 12.4. The van der Waals surface area contributed by atoms with Crippen LogP contribution in [0, 0.1) is 11.7 Å². The van der Waals surface area contributed by atoms with E-state index in [9.17, 15) is 4.39 Å². The Hall–Kier alpha value is -2.12. The van der Waals surface area contributed by atoms with Gasteiger partial charge in [-0.2, -0.15) is 0 Å². The molecule has 0 unspecified atom stereocenters. The molecule has 1 fully saturated rings. The van der Waals surface area contributed by atoms with Crippen LogP contribution >= 0.6 is 11.6 Å². The van der Waals surface area contributed by atoms with Crippen molar-refractivity contribution in [2.75, 3.05) is 0 Å². The van der Waals surface area contributed by atoms with Gasteiger partial charge in [-0.3, -0.25) is 0 Å². The number of unbranched alkanes of at least 4 members (excludes halogenated alkanes) is 2. The van der Waals surface area contributed by atoms with E-state index < -0.39 is 0 Å². The van der Waals surface area contributed by atoms with Crippen molar-refractivity contribution in [2.45, 2.75) is 77.0 Å². The molecule has 0 bridgehead atoms. The van der Waals surface area contributed by atoms with Gasteiger partial charge in [0, 0.05) is 10.6 Å². The highest BCUT2D eigenvalue weighted by Gasteiger charge is 2.22. The molecule has 3 aromatic carbocycles. The van der Waals surface area contributed by atoms with E-state index in [1.54, 1.807) is 6.07 Å². The molecule has 0 nitrogen and oxygen atoms in total. The van der Waals surface area contributed by atoms with Crippen LogP contribution in [0.25, 0.3) is 11.1 Å². The van der Waals surface area contributed by atoms with Gasteiger partial charge in [0.05, 0.1) is 0 Å². The highest BCUT2D eigenvalue weighted by molar-refractivity contribution is 6.30. The van der Waals surface area contributed by atoms with E-state index in [2.05, 4.69) is 37.3 Å². The molecule has 0 N–H and O–H groups in total. The van der Waals surface area contributed by atoms with Crippen LogP contribution < -0.4 is 0 Å². The minimum absolute atomic E-state index is 0.142. The van der Waals surface area contributed by atoms with Gasteiger partial charge in [-0.1, -0.05) is 79.9 Å². The van der Waals surface area contributed by atoms with Crippen molar-refractivity contribution in [3.05, 3.63) is 94.3 Å². The van der Waals surface area contributed by atoms with Crippen LogP contribution in [-0.4, -0.2) is 0 Å². The molecule has 174 valence electrons. The van der Waals surface area contributed by atoms with Crippen molar-refractivity contribution in [1.29, 1.82) is 0 Å². The van der Waals surface area contributed by atoms with Gasteiger partial charge in [0.2, 0.25) is 0 Å². The van der Waals surface area contributed by atoms with E-state index in [1.165, 1.54) is 62.5 Å². The number of hydrogen-bond donors (Lipinski definition) is 0. The summed E-state index contributed by atoms with van der Waals surface area (Å²) in [5.41, 5.74) is 5.62. The fraction of sp³-hybridized carbons (Fsp3) is 0.419. The molecule has 0 aliphatic heterocycles. The maximum Gasteiger partial charge on any atom is 0.131 e. The van der Waals surface area contributed by atoms with Gasteiger partial charge in [-0.15, -0.1) is 0 Å². The lowest BCUT2D eigenvalue weighted by atomic mass is 9.76. The maximum atomic E-state index is 14.7. The quantitative estimate of drug-likeness (QED) is 0.277.